The first-order valence-corrected chi connectivity index (χ1v) is 9.75. The van der Waals surface area contributed by atoms with Crippen molar-refractivity contribution in [1.29, 1.82) is 0 Å². The van der Waals surface area contributed by atoms with Crippen molar-refractivity contribution in [2.75, 3.05) is 41.6 Å². The number of methoxy groups -OCH3 is 4. The van der Waals surface area contributed by atoms with Gasteiger partial charge in [-0.3, -0.25) is 9.59 Å². The number of hydrogen-bond donors (Lipinski definition) is 2. The van der Waals surface area contributed by atoms with Gasteiger partial charge in [0.1, 0.15) is 11.5 Å². The average molecular weight is 443 g/mol. The summed E-state index contributed by atoms with van der Waals surface area (Å²) >= 11 is 0. The molecule has 1 fully saturated rings. The van der Waals surface area contributed by atoms with Crippen LogP contribution in [0.4, 0.5) is 0 Å². The van der Waals surface area contributed by atoms with Gasteiger partial charge in [-0.15, -0.1) is 0 Å². The number of β-amino-alcohol motifs (C(OH)–C–C–N with tert-alkyl or cyclic N) is 1. The number of aliphatic hydroxyl groups is 2. The van der Waals surface area contributed by atoms with Gasteiger partial charge >= 0.3 is 0 Å². The van der Waals surface area contributed by atoms with Crippen molar-refractivity contribution in [3.8, 4) is 23.0 Å². The molecule has 0 aliphatic carbocycles. The Morgan fingerprint density at radius 1 is 0.938 bits per heavy atom. The minimum absolute atomic E-state index is 0.106. The molecule has 9 nitrogen and oxygen atoms in total. The van der Waals surface area contributed by atoms with E-state index in [-0.39, 0.29) is 24.5 Å². The number of hydrogen-bond acceptors (Lipinski definition) is 8. The molecule has 2 aromatic carbocycles. The van der Waals surface area contributed by atoms with Crippen LogP contribution in [-0.4, -0.2) is 68.4 Å². The standard InChI is InChI=1S/C23H25NO8/c1-29-15-7-5-13(6-8-15)20(26)18-19(24(9-10-25)23(28)21(18)27)14-11-16(30-2)22(32-4)17(12-14)31-3/h5-8,11-12,19,25-26H,9-10H2,1-4H3/t19-/m0/s1. The molecule has 32 heavy (non-hydrogen) atoms. The SMILES string of the molecule is COc1ccc(C(O)=C2C(=O)C(=O)N(CCO)[C@H]2c2cc(OC)c(OC)c(OC)c2)cc1. The van der Waals surface area contributed by atoms with Crippen LogP contribution in [0.25, 0.3) is 5.76 Å². The fourth-order valence-corrected chi connectivity index (χ4v) is 3.73. The molecule has 3 rings (SSSR count). The Balaban J connectivity index is 2.24. The van der Waals surface area contributed by atoms with Gasteiger partial charge in [-0.25, -0.2) is 0 Å². The number of nitrogens with zero attached hydrogens (tertiary/aromatic N) is 1. The van der Waals surface area contributed by atoms with E-state index < -0.39 is 17.7 Å². The van der Waals surface area contributed by atoms with Crippen molar-refractivity contribution in [2.24, 2.45) is 0 Å². The second-order valence-corrected chi connectivity index (χ2v) is 6.90. The largest absolute Gasteiger partial charge is 0.507 e. The predicted molar refractivity (Wildman–Crippen MR) is 115 cm³/mol. The van der Waals surface area contributed by atoms with E-state index in [9.17, 15) is 19.8 Å². The third-order valence-electron chi connectivity index (χ3n) is 5.25. The van der Waals surface area contributed by atoms with Crippen LogP contribution in [0.5, 0.6) is 23.0 Å². The Hall–Kier alpha value is -3.72. The lowest BCUT2D eigenvalue weighted by atomic mass is 9.94. The van der Waals surface area contributed by atoms with Crippen LogP contribution in [0.2, 0.25) is 0 Å². The number of carbonyl (C=O) groups is 2. The van der Waals surface area contributed by atoms with Crippen LogP contribution in [0.15, 0.2) is 42.0 Å². The van der Waals surface area contributed by atoms with Gasteiger partial charge < -0.3 is 34.1 Å². The van der Waals surface area contributed by atoms with E-state index in [2.05, 4.69) is 0 Å². The first-order chi connectivity index (χ1) is 15.4. The van der Waals surface area contributed by atoms with Gasteiger partial charge in [-0.05, 0) is 42.0 Å². The van der Waals surface area contributed by atoms with Gasteiger partial charge in [0.05, 0.1) is 46.7 Å². The molecule has 1 atom stereocenters. The molecule has 0 saturated carbocycles. The summed E-state index contributed by atoms with van der Waals surface area (Å²) < 4.78 is 21.3. The zero-order valence-electron chi connectivity index (χ0n) is 18.2. The van der Waals surface area contributed by atoms with Gasteiger partial charge in [0.15, 0.2) is 11.5 Å². The number of amides is 1. The number of carbonyl (C=O) groups excluding carboxylic acids is 2. The first-order valence-electron chi connectivity index (χ1n) is 9.75. The average Bonchev–Trinajstić information content (AvgIpc) is 3.07. The van der Waals surface area contributed by atoms with E-state index in [0.29, 0.717) is 34.1 Å². The molecule has 1 amide bonds. The topological polar surface area (TPSA) is 115 Å². The quantitative estimate of drug-likeness (QED) is 0.362. The summed E-state index contributed by atoms with van der Waals surface area (Å²) in [5.41, 5.74) is 0.676. The van der Waals surface area contributed by atoms with Crippen molar-refractivity contribution in [1.82, 2.24) is 4.90 Å². The Morgan fingerprint density at radius 2 is 1.53 bits per heavy atom. The molecule has 0 bridgehead atoms. The number of ether oxygens (including phenoxy) is 4. The van der Waals surface area contributed by atoms with Crippen LogP contribution in [0.1, 0.15) is 17.2 Å². The number of benzene rings is 2. The van der Waals surface area contributed by atoms with Crippen molar-refractivity contribution in [3.05, 3.63) is 53.1 Å². The maximum atomic E-state index is 12.9. The van der Waals surface area contributed by atoms with Crippen molar-refractivity contribution in [2.45, 2.75) is 6.04 Å². The summed E-state index contributed by atoms with van der Waals surface area (Å²) in [6.07, 6.45) is 0. The fourth-order valence-electron chi connectivity index (χ4n) is 3.73. The van der Waals surface area contributed by atoms with Gasteiger partial charge in [0, 0.05) is 12.1 Å². The molecule has 1 aliphatic rings. The maximum Gasteiger partial charge on any atom is 0.295 e. The minimum atomic E-state index is -0.974. The molecular formula is C23H25NO8. The van der Waals surface area contributed by atoms with Crippen LogP contribution in [0.3, 0.4) is 0 Å². The van der Waals surface area contributed by atoms with Crippen molar-refractivity contribution in [3.63, 3.8) is 0 Å². The zero-order valence-corrected chi connectivity index (χ0v) is 18.2. The fraction of sp³-hybridized carbons (Fsp3) is 0.304. The number of aliphatic hydroxyl groups excluding tert-OH is 2. The molecule has 2 N–H and O–H groups in total. The lowest BCUT2D eigenvalue weighted by Gasteiger charge is -2.26. The normalized spacial score (nSPS) is 17.4. The summed E-state index contributed by atoms with van der Waals surface area (Å²) in [5, 5.41) is 20.5. The monoisotopic (exact) mass is 443 g/mol. The minimum Gasteiger partial charge on any atom is -0.507 e. The highest BCUT2D eigenvalue weighted by atomic mass is 16.5. The molecule has 0 aromatic heterocycles. The zero-order chi connectivity index (χ0) is 23.4. The predicted octanol–water partition coefficient (Wildman–Crippen LogP) is 2.14. The molecule has 1 aliphatic heterocycles. The molecule has 0 unspecified atom stereocenters. The molecule has 1 saturated heterocycles. The van der Waals surface area contributed by atoms with Crippen LogP contribution >= 0.6 is 0 Å². The maximum absolute atomic E-state index is 12.9. The number of likely N-dealkylation sites (tertiary alicyclic amines) is 1. The second kappa shape index (κ2) is 9.61. The van der Waals surface area contributed by atoms with Crippen molar-refractivity contribution < 1.29 is 38.7 Å². The molecule has 2 aromatic rings. The van der Waals surface area contributed by atoms with E-state index in [1.165, 1.54) is 33.3 Å². The Kier molecular flexibility index (Phi) is 6.89. The Bertz CT molecular complexity index is 1020. The van der Waals surface area contributed by atoms with E-state index in [1.54, 1.807) is 36.4 Å². The van der Waals surface area contributed by atoms with E-state index in [4.69, 9.17) is 18.9 Å². The van der Waals surface area contributed by atoms with Gasteiger partial charge in [0.25, 0.3) is 11.7 Å². The highest BCUT2D eigenvalue weighted by Crippen LogP contribution is 2.45. The molecule has 0 spiro atoms. The summed E-state index contributed by atoms with van der Waals surface area (Å²) in [4.78, 5) is 26.9. The summed E-state index contributed by atoms with van der Waals surface area (Å²) in [6.45, 7) is -0.470. The van der Waals surface area contributed by atoms with Gasteiger partial charge in [-0.1, -0.05) is 0 Å². The van der Waals surface area contributed by atoms with E-state index in [1.807, 2.05) is 0 Å². The molecule has 1 heterocycles. The highest BCUT2D eigenvalue weighted by molar-refractivity contribution is 6.46. The lowest BCUT2D eigenvalue weighted by Crippen LogP contribution is -2.32. The lowest BCUT2D eigenvalue weighted by molar-refractivity contribution is -0.140. The summed E-state index contributed by atoms with van der Waals surface area (Å²) in [5.74, 6) is -0.471. The Morgan fingerprint density at radius 3 is 2.00 bits per heavy atom. The van der Waals surface area contributed by atoms with Crippen molar-refractivity contribution >= 4 is 17.4 Å². The number of rotatable bonds is 8. The van der Waals surface area contributed by atoms with E-state index >= 15 is 0 Å². The molecule has 0 radical (unpaired) electrons. The molecule has 9 heteroatoms. The van der Waals surface area contributed by atoms with E-state index in [0.717, 1.165) is 0 Å². The van der Waals surface area contributed by atoms with Gasteiger partial charge in [-0.2, -0.15) is 0 Å². The number of ketones is 1. The second-order valence-electron chi connectivity index (χ2n) is 6.90. The summed E-state index contributed by atoms with van der Waals surface area (Å²) in [6, 6.07) is 8.66. The smallest absolute Gasteiger partial charge is 0.295 e. The molecule has 170 valence electrons. The summed E-state index contributed by atoms with van der Waals surface area (Å²) in [7, 11) is 5.87. The Labute approximate surface area is 185 Å². The molecular weight excluding hydrogens is 418 g/mol. The highest BCUT2D eigenvalue weighted by Gasteiger charge is 2.46. The van der Waals surface area contributed by atoms with Crippen LogP contribution in [0, 0.1) is 0 Å². The first kappa shape index (κ1) is 23.0. The number of Topliss-reactive ketones (excluding diaryl/α,β-unsaturated/α-hetero) is 1. The van der Waals surface area contributed by atoms with Crippen LogP contribution < -0.4 is 18.9 Å². The third kappa shape index (κ3) is 3.94. The van der Waals surface area contributed by atoms with Gasteiger partial charge in [0.2, 0.25) is 5.75 Å². The van der Waals surface area contributed by atoms with Crippen LogP contribution in [-0.2, 0) is 9.59 Å². The third-order valence-corrected chi connectivity index (χ3v) is 5.25.